The Bertz CT molecular complexity index is 1090. The zero-order chi connectivity index (χ0) is 21.1. The first kappa shape index (κ1) is 19.7. The number of urea groups is 1. The minimum absolute atomic E-state index is 0.559. The van der Waals surface area contributed by atoms with Crippen molar-refractivity contribution in [1.82, 2.24) is 10.6 Å². The highest BCUT2D eigenvalue weighted by molar-refractivity contribution is 7.99. The number of carbonyl (C=O) groups excluding carboxylic acids is 3. The van der Waals surface area contributed by atoms with Crippen LogP contribution in [0.4, 0.5) is 4.79 Å². The molecule has 3 aromatic rings. The van der Waals surface area contributed by atoms with Gasteiger partial charge in [-0.1, -0.05) is 54.2 Å². The van der Waals surface area contributed by atoms with Crippen molar-refractivity contribution in [3.8, 4) is 16.9 Å². The molecule has 1 saturated heterocycles. The van der Waals surface area contributed by atoms with Gasteiger partial charge in [0, 0.05) is 9.79 Å². The molecule has 0 saturated carbocycles. The van der Waals surface area contributed by atoms with Gasteiger partial charge >= 0.3 is 6.03 Å². The molecule has 30 heavy (non-hydrogen) atoms. The highest BCUT2D eigenvalue weighted by Crippen LogP contribution is 2.35. The average molecular weight is 418 g/mol. The molecule has 2 N–H and O–H groups in total. The van der Waals surface area contributed by atoms with Crippen LogP contribution in [0, 0.1) is 0 Å². The second-order valence-corrected chi connectivity index (χ2v) is 7.75. The lowest BCUT2D eigenvalue weighted by Gasteiger charge is -2.22. The second-order valence-electron chi connectivity index (χ2n) is 6.63. The van der Waals surface area contributed by atoms with E-state index in [9.17, 15) is 14.4 Å². The van der Waals surface area contributed by atoms with E-state index in [4.69, 9.17) is 4.74 Å². The van der Waals surface area contributed by atoms with Gasteiger partial charge in [-0.2, -0.15) is 0 Å². The normalized spacial score (nSPS) is 14.2. The largest absolute Gasteiger partial charge is 0.497 e. The first-order valence-corrected chi connectivity index (χ1v) is 10.0. The maximum Gasteiger partial charge on any atom is 0.328 e. The molecule has 0 aliphatic carbocycles. The summed E-state index contributed by atoms with van der Waals surface area (Å²) in [5.41, 5.74) is 2.71. The Labute approximate surface area is 177 Å². The van der Waals surface area contributed by atoms with Crippen LogP contribution in [0.15, 0.2) is 82.6 Å². The maximum atomic E-state index is 12.3. The van der Waals surface area contributed by atoms with Gasteiger partial charge in [0.15, 0.2) is 0 Å². The number of hydrogen-bond acceptors (Lipinski definition) is 5. The second kappa shape index (κ2) is 8.42. The third-order valence-electron chi connectivity index (χ3n) is 4.73. The highest BCUT2D eigenvalue weighted by Gasteiger charge is 2.36. The first-order chi connectivity index (χ1) is 14.5. The summed E-state index contributed by atoms with van der Waals surface area (Å²) in [5.74, 6) is -1.50. The summed E-state index contributed by atoms with van der Waals surface area (Å²) in [6.45, 7) is 0. The monoisotopic (exact) mass is 418 g/mol. The Kier molecular flexibility index (Phi) is 5.54. The molecule has 4 amide bonds. The fraction of sp³-hybridized carbons (Fsp3) is 0.0870. The van der Waals surface area contributed by atoms with Crippen molar-refractivity contribution < 1.29 is 19.1 Å². The van der Waals surface area contributed by atoms with Crippen LogP contribution in [0.2, 0.25) is 0 Å². The number of amides is 4. The van der Waals surface area contributed by atoms with Crippen molar-refractivity contribution in [2.24, 2.45) is 0 Å². The quantitative estimate of drug-likeness (QED) is 0.613. The van der Waals surface area contributed by atoms with E-state index in [0.29, 0.717) is 5.56 Å². The molecule has 150 valence electrons. The van der Waals surface area contributed by atoms with Crippen LogP contribution in [0.1, 0.15) is 11.5 Å². The van der Waals surface area contributed by atoms with Crippen molar-refractivity contribution in [2.75, 3.05) is 7.11 Å². The van der Waals surface area contributed by atoms with Crippen LogP contribution >= 0.6 is 11.8 Å². The summed E-state index contributed by atoms with van der Waals surface area (Å²) in [6, 6.07) is 22.3. The molecular formula is C23H18N2O4S. The summed E-state index contributed by atoms with van der Waals surface area (Å²) in [7, 11) is 1.64. The van der Waals surface area contributed by atoms with Gasteiger partial charge in [-0.3, -0.25) is 20.2 Å². The number of rotatable bonds is 5. The van der Waals surface area contributed by atoms with Gasteiger partial charge in [0.2, 0.25) is 11.8 Å². The predicted octanol–water partition coefficient (Wildman–Crippen LogP) is 3.96. The van der Waals surface area contributed by atoms with E-state index in [2.05, 4.69) is 10.6 Å². The van der Waals surface area contributed by atoms with Crippen molar-refractivity contribution in [3.05, 3.63) is 78.4 Å². The van der Waals surface area contributed by atoms with E-state index in [1.54, 1.807) is 19.2 Å². The molecule has 0 radical (unpaired) electrons. The van der Waals surface area contributed by atoms with E-state index in [1.165, 1.54) is 11.8 Å². The van der Waals surface area contributed by atoms with E-state index >= 15 is 0 Å². The summed E-state index contributed by atoms with van der Waals surface area (Å²) in [6.07, 6.45) is 0. The number of benzene rings is 3. The maximum absolute atomic E-state index is 12.3. The molecule has 1 fully saturated rings. The number of nitrogens with one attached hydrogen (secondary N) is 2. The van der Waals surface area contributed by atoms with Crippen molar-refractivity contribution >= 4 is 29.6 Å². The summed E-state index contributed by atoms with van der Waals surface area (Å²) in [4.78, 5) is 37.6. The first-order valence-electron chi connectivity index (χ1n) is 9.22. The molecule has 1 aliphatic heterocycles. The Morgan fingerprint density at radius 1 is 0.767 bits per heavy atom. The zero-order valence-corrected chi connectivity index (χ0v) is 16.9. The highest BCUT2D eigenvalue weighted by atomic mass is 32.2. The molecule has 4 rings (SSSR count). The fourth-order valence-corrected chi connectivity index (χ4v) is 4.22. The number of barbiturate groups is 1. The van der Waals surface area contributed by atoms with Gasteiger partial charge in [-0.05, 0) is 47.0 Å². The number of hydrogen-bond donors (Lipinski definition) is 2. The fourth-order valence-electron chi connectivity index (χ4n) is 3.24. The van der Waals surface area contributed by atoms with Crippen molar-refractivity contribution in [3.63, 3.8) is 0 Å². The Hall–Kier alpha value is -3.58. The average Bonchev–Trinajstić information content (AvgIpc) is 2.75. The summed E-state index contributed by atoms with van der Waals surface area (Å²) >= 11 is 1.46. The zero-order valence-electron chi connectivity index (χ0n) is 16.0. The molecule has 1 aliphatic rings. The smallest absolute Gasteiger partial charge is 0.328 e. The Balaban J connectivity index is 1.57. The topological polar surface area (TPSA) is 84.5 Å². The minimum Gasteiger partial charge on any atom is -0.497 e. The number of methoxy groups -OCH3 is 1. The standard InChI is InChI=1S/C23H18N2O4S/c1-29-16-10-6-14(7-11-16)15-8-12-17(13-9-15)30-19-5-3-2-4-18(19)20-21(26)24-23(28)25-22(20)27/h2-13,20H,1H3,(H2,24,25,26,27,28). The summed E-state index contributed by atoms with van der Waals surface area (Å²) in [5, 5.41) is 4.31. The number of ether oxygens (including phenoxy) is 1. The Morgan fingerprint density at radius 2 is 1.33 bits per heavy atom. The van der Waals surface area contributed by atoms with Crippen LogP contribution in [0.25, 0.3) is 11.1 Å². The van der Waals surface area contributed by atoms with E-state index < -0.39 is 23.8 Å². The van der Waals surface area contributed by atoms with Crippen LogP contribution in [-0.2, 0) is 9.59 Å². The van der Waals surface area contributed by atoms with Gasteiger partial charge in [0.25, 0.3) is 0 Å². The molecule has 6 nitrogen and oxygen atoms in total. The summed E-state index contributed by atoms with van der Waals surface area (Å²) < 4.78 is 5.19. The van der Waals surface area contributed by atoms with Crippen LogP contribution in [0.5, 0.6) is 5.75 Å². The molecule has 7 heteroatoms. The van der Waals surface area contributed by atoms with E-state index in [1.807, 2.05) is 60.7 Å². The van der Waals surface area contributed by atoms with Crippen LogP contribution < -0.4 is 15.4 Å². The van der Waals surface area contributed by atoms with Gasteiger partial charge < -0.3 is 4.74 Å². The molecular weight excluding hydrogens is 400 g/mol. The molecule has 0 bridgehead atoms. The number of imide groups is 2. The Morgan fingerprint density at radius 3 is 1.93 bits per heavy atom. The molecule has 3 aromatic carbocycles. The van der Waals surface area contributed by atoms with Crippen molar-refractivity contribution in [2.45, 2.75) is 15.7 Å². The third kappa shape index (κ3) is 4.06. The lowest BCUT2D eigenvalue weighted by molar-refractivity contribution is -0.132. The predicted molar refractivity (Wildman–Crippen MR) is 113 cm³/mol. The molecule has 0 spiro atoms. The van der Waals surface area contributed by atoms with Gasteiger partial charge in [0.05, 0.1) is 7.11 Å². The number of carbonyl (C=O) groups is 3. The van der Waals surface area contributed by atoms with Crippen LogP contribution in [0.3, 0.4) is 0 Å². The lowest BCUT2D eigenvalue weighted by atomic mass is 9.96. The third-order valence-corrected chi connectivity index (χ3v) is 5.83. The minimum atomic E-state index is -1.06. The van der Waals surface area contributed by atoms with Gasteiger partial charge in [-0.25, -0.2) is 4.79 Å². The molecule has 1 heterocycles. The van der Waals surface area contributed by atoms with Crippen molar-refractivity contribution in [1.29, 1.82) is 0 Å². The molecule has 0 aromatic heterocycles. The van der Waals surface area contributed by atoms with E-state index in [0.717, 1.165) is 26.7 Å². The lowest BCUT2D eigenvalue weighted by Crippen LogP contribution is -2.54. The van der Waals surface area contributed by atoms with Gasteiger partial charge in [0.1, 0.15) is 11.7 Å². The van der Waals surface area contributed by atoms with Crippen LogP contribution in [-0.4, -0.2) is 25.0 Å². The van der Waals surface area contributed by atoms with E-state index in [-0.39, 0.29) is 0 Å². The molecule has 0 unspecified atom stereocenters. The SMILES string of the molecule is COc1ccc(-c2ccc(Sc3ccccc3C3C(=O)NC(=O)NC3=O)cc2)cc1. The van der Waals surface area contributed by atoms with Gasteiger partial charge in [-0.15, -0.1) is 0 Å². The molecule has 0 atom stereocenters.